The SMILES string of the molecule is c1ccc(C(c2ccccc2)(c2ccccc2)c2cccc(-n3c4ccccc4c4cc(-n5c6ccccc6c6ccc([Si](c7ccccc7)(c7ccccc7)c7ccccc7)cc65)ccc43)c2)cc1.c1ccc(C(c2ccccc2)(c2ccccc2)c2cccc(-n3c4ccccc4c4cc(-n5c6ccccc6c6ccccc65)ccc43)c2)cc1. The summed E-state index contributed by atoms with van der Waals surface area (Å²) in [6.07, 6.45) is 0. The van der Waals surface area contributed by atoms with Gasteiger partial charge >= 0.3 is 0 Å². The number of nitrogens with zero attached hydrogens (tertiary/aromatic N) is 4. The Morgan fingerprint density at radius 3 is 0.653 bits per heavy atom. The Balaban J connectivity index is 0.000000152. The minimum atomic E-state index is -2.80. The maximum absolute atomic E-state index is 2.80. The minimum Gasteiger partial charge on any atom is -0.309 e. The lowest BCUT2D eigenvalue weighted by molar-refractivity contribution is 0.744. The minimum absolute atomic E-state index is 0.526. The molecule has 0 bridgehead atoms. The Hall–Kier alpha value is -15.4. The number of aromatic nitrogens is 4. The van der Waals surface area contributed by atoms with Crippen molar-refractivity contribution in [3.63, 3.8) is 0 Å². The average Bonchev–Trinajstić information content (AvgIpc) is 1.74. The van der Waals surface area contributed by atoms with Crippen LogP contribution < -0.4 is 20.7 Å². The largest absolute Gasteiger partial charge is 0.309 e. The van der Waals surface area contributed by atoms with Crippen molar-refractivity contribution >= 4 is 116 Å². The summed E-state index contributed by atoms with van der Waals surface area (Å²) >= 11 is 0. The quantitative estimate of drug-likeness (QED) is 0.0679. The highest BCUT2D eigenvalue weighted by Crippen LogP contribution is 2.49. The molecule has 0 saturated carbocycles. The van der Waals surface area contributed by atoms with Gasteiger partial charge in [-0.1, -0.05) is 400 Å². The molecule has 0 aliphatic heterocycles. The monoisotopic (exact) mass is 1560 g/mol. The molecule has 0 saturated heterocycles. The first kappa shape index (κ1) is 72.1. The van der Waals surface area contributed by atoms with Crippen molar-refractivity contribution in [2.45, 2.75) is 10.8 Å². The molecule has 0 spiro atoms. The maximum atomic E-state index is 2.52. The highest BCUT2D eigenvalue weighted by Gasteiger charge is 2.43. The van der Waals surface area contributed by atoms with E-state index in [-0.39, 0.29) is 0 Å². The van der Waals surface area contributed by atoms with Crippen LogP contribution in [0.15, 0.2) is 497 Å². The normalized spacial score (nSPS) is 12.0. The summed E-state index contributed by atoms with van der Waals surface area (Å²) in [4.78, 5) is 0. The van der Waals surface area contributed by atoms with Crippen LogP contribution in [-0.4, -0.2) is 26.3 Å². The van der Waals surface area contributed by atoms with Crippen LogP contribution >= 0.6 is 0 Å². The lowest BCUT2D eigenvalue weighted by atomic mass is 9.65. The molecule has 0 amide bonds. The van der Waals surface area contributed by atoms with Gasteiger partial charge in [0.2, 0.25) is 0 Å². The molecule has 0 atom stereocenters. The van der Waals surface area contributed by atoms with Crippen molar-refractivity contribution in [2.75, 3.05) is 0 Å². The van der Waals surface area contributed by atoms with E-state index in [1.807, 2.05) is 0 Å². The summed E-state index contributed by atoms with van der Waals surface area (Å²) in [7, 11) is -2.80. The number of benzene rings is 19. The third kappa shape index (κ3) is 11.7. The van der Waals surface area contributed by atoms with E-state index < -0.39 is 18.9 Å². The Labute approximate surface area is 704 Å². The zero-order valence-electron chi connectivity index (χ0n) is 66.6. The summed E-state index contributed by atoms with van der Waals surface area (Å²) in [6, 6.07) is 183. The van der Waals surface area contributed by atoms with Gasteiger partial charge in [0.25, 0.3) is 0 Å². The highest BCUT2D eigenvalue weighted by molar-refractivity contribution is 7.20. The van der Waals surface area contributed by atoms with Crippen LogP contribution in [0, 0.1) is 0 Å². The van der Waals surface area contributed by atoms with Crippen molar-refractivity contribution in [3.05, 3.63) is 542 Å². The second-order valence-electron chi connectivity index (χ2n) is 31.7. The fraction of sp³-hybridized carbons (Fsp3) is 0.0172. The van der Waals surface area contributed by atoms with Crippen LogP contribution in [0.5, 0.6) is 0 Å². The maximum Gasteiger partial charge on any atom is 0.179 e. The molecule has 0 radical (unpaired) electrons. The van der Waals surface area contributed by atoms with E-state index in [0.717, 1.165) is 28.3 Å². The molecule has 23 aromatic rings. The number of hydrogen-bond acceptors (Lipinski definition) is 0. The van der Waals surface area contributed by atoms with Crippen LogP contribution in [0.1, 0.15) is 44.5 Å². The predicted octanol–water partition coefficient (Wildman–Crippen LogP) is 25.9. The zero-order chi connectivity index (χ0) is 80.3. The molecule has 0 fully saturated rings. The summed E-state index contributed by atoms with van der Waals surface area (Å²) in [5, 5.41) is 15.4. The van der Waals surface area contributed by atoms with Crippen LogP contribution in [0.2, 0.25) is 0 Å². The van der Waals surface area contributed by atoms with Gasteiger partial charge in [-0.3, -0.25) is 0 Å². The fourth-order valence-corrected chi connectivity index (χ4v) is 25.2. The molecule has 570 valence electrons. The summed E-state index contributed by atoms with van der Waals surface area (Å²) in [6.45, 7) is 0. The van der Waals surface area contributed by atoms with Crippen molar-refractivity contribution in [1.82, 2.24) is 18.3 Å². The lowest BCUT2D eigenvalue weighted by Crippen LogP contribution is -2.74. The third-order valence-electron chi connectivity index (χ3n) is 25.5. The number of fused-ring (bicyclic) bond motifs is 12. The van der Waals surface area contributed by atoms with Gasteiger partial charge in [0.05, 0.1) is 55.0 Å². The first-order chi connectivity index (χ1) is 60.1. The molecule has 0 unspecified atom stereocenters. The highest BCUT2D eigenvalue weighted by atomic mass is 28.3. The van der Waals surface area contributed by atoms with Crippen LogP contribution in [0.4, 0.5) is 0 Å². The fourth-order valence-electron chi connectivity index (χ4n) is 20.4. The van der Waals surface area contributed by atoms with Crippen molar-refractivity contribution in [2.24, 2.45) is 0 Å². The molecule has 4 heterocycles. The van der Waals surface area contributed by atoms with Gasteiger partial charge in [-0.05, 0) is 162 Å². The number of para-hydroxylation sites is 5. The van der Waals surface area contributed by atoms with Gasteiger partial charge in [0.1, 0.15) is 0 Å². The molecule has 121 heavy (non-hydrogen) atoms. The number of rotatable bonds is 16. The molecule has 4 aromatic heterocycles. The van der Waals surface area contributed by atoms with Gasteiger partial charge in [-0.15, -0.1) is 0 Å². The third-order valence-corrected chi connectivity index (χ3v) is 30.2. The zero-order valence-corrected chi connectivity index (χ0v) is 67.6. The smallest absolute Gasteiger partial charge is 0.179 e. The second kappa shape index (κ2) is 30.3. The van der Waals surface area contributed by atoms with Crippen LogP contribution in [0.25, 0.3) is 110 Å². The van der Waals surface area contributed by atoms with Gasteiger partial charge in [0, 0.05) is 65.8 Å². The molecular weight excluding hydrogens is 1480 g/mol. The molecule has 19 aromatic carbocycles. The van der Waals surface area contributed by atoms with Gasteiger partial charge < -0.3 is 18.3 Å². The van der Waals surface area contributed by atoms with Gasteiger partial charge in [-0.2, -0.15) is 0 Å². The molecule has 0 N–H and O–H groups in total. The summed E-state index contributed by atoms with van der Waals surface area (Å²) in [5.41, 5.74) is 22.8. The Morgan fingerprint density at radius 1 is 0.132 bits per heavy atom. The molecule has 23 rings (SSSR count). The first-order valence-electron chi connectivity index (χ1n) is 41.9. The second-order valence-corrected chi connectivity index (χ2v) is 35.5. The molecular formula is C116H82N4Si. The Kier molecular flexibility index (Phi) is 18.0. The Morgan fingerprint density at radius 2 is 0.355 bits per heavy atom. The molecule has 5 heteroatoms. The standard InChI is InChI=1S/C67H48N2Si.C49H34N2/c1-7-24-49(25-8-1)67(50-26-9-2-10-27-50,51-28-11-3-12-29-51)52-30-23-31-53(46-52)68-64-41-22-20-39-60(64)62-47-54(42-45-65(62)68)69-63-40-21-19-38-59(63)61-44-43-58(48-66(61)69)70(55-32-13-4-14-33-55,56-34-15-5-16-35-56)57-36-17-6-18-37-57;1-4-17-35(18-5-1)49(36-19-6-2-7-20-36,37-21-8-3-9-22-37)38-23-16-24-39(33-38)50-47-30-15-12-27-43(47)44-34-40(31-32-48(44)50)51-45-28-13-10-25-41(45)42-26-11-14-29-46(42)51/h1-48H;1-34H. The number of hydrogen-bond donors (Lipinski definition) is 0. The topological polar surface area (TPSA) is 19.7 Å². The van der Waals surface area contributed by atoms with E-state index in [4.69, 9.17) is 0 Å². The summed E-state index contributed by atoms with van der Waals surface area (Å²) in [5.74, 6) is 0. The van der Waals surface area contributed by atoms with E-state index in [2.05, 4.69) is 516 Å². The Bertz CT molecular complexity index is 7390. The first-order valence-corrected chi connectivity index (χ1v) is 43.9. The van der Waals surface area contributed by atoms with Crippen molar-refractivity contribution in [1.29, 1.82) is 0 Å². The van der Waals surface area contributed by atoms with E-state index in [0.29, 0.717) is 0 Å². The van der Waals surface area contributed by atoms with Gasteiger partial charge in [0.15, 0.2) is 8.07 Å². The van der Waals surface area contributed by atoms with Crippen molar-refractivity contribution < 1.29 is 0 Å². The van der Waals surface area contributed by atoms with E-state index in [1.54, 1.807) is 0 Å². The van der Waals surface area contributed by atoms with Crippen LogP contribution in [0.3, 0.4) is 0 Å². The summed E-state index contributed by atoms with van der Waals surface area (Å²) < 4.78 is 9.82. The van der Waals surface area contributed by atoms with E-state index in [9.17, 15) is 0 Å². The lowest BCUT2D eigenvalue weighted by Gasteiger charge is -2.37. The molecule has 0 aliphatic carbocycles. The van der Waals surface area contributed by atoms with Crippen molar-refractivity contribution in [3.8, 4) is 22.7 Å². The van der Waals surface area contributed by atoms with E-state index >= 15 is 0 Å². The van der Waals surface area contributed by atoms with Crippen LogP contribution in [-0.2, 0) is 10.8 Å². The van der Waals surface area contributed by atoms with Gasteiger partial charge in [-0.25, -0.2) is 0 Å². The molecule has 4 nitrogen and oxygen atoms in total. The van der Waals surface area contributed by atoms with E-state index in [1.165, 1.54) is 147 Å². The average molecular weight is 1560 g/mol. The molecule has 0 aliphatic rings. The predicted molar refractivity (Wildman–Crippen MR) is 510 cm³/mol.